The van der Waals surface area contributed by atoms with Gasteiger partial charge in [-0.1, -0.05) is 6.07 Å². The smallest absolute Gasteiger partial charge is 0.278 e. The first-order valence-electron chi connectivity index (χ1n) is 8.52. The summed E-state index contributed by atoms with van der Waals surface area (Å²) < 4.78 is 11.0. The van der Waals surface area contributed by atoms with E-state index in [9.17, 15) is 4.79 Å². The molecule has 1 aliphatic carbocycles. The van der Waals surface area contributed by atoms with E-state index >= 15 is 0 Å². The first kappa shape index (κ1) is 17.7. The molecule has 1 amide bonds. The second kappa shape index (κ2) is 8.30. The number of benzene rings is 1. The topological polar surface area (TPSA) is 97.1 Å². The Balaban J connectivity index is 1.52. The van der Waals surface area contributed by atoms with Crippen LogP contribution in [0.25, 0.3) is 0 Å². The van der Waals surface area contributed by atoms with Gasteiger partial charge in [0.05, 0.1) is 18.7 Å². The van der Waals surface area contributed by atoms with Crippen molar-refractivity contribution in [3.05, 3.63) is 47.8 Å². The molecule has 1 aromatic carbocycles. The number of nitrogens with zero attached hydrogens (tertiary/aromatic N) is 3. The van der Waals surface area contributed by atoms with Gasteiger partial charge in [0.15, 0.2) is 0 Å². The zero-order valence-corrected chi connectivity index (χ0v) is 14.5. The minimum absolute atomic E-state index is 0.0238. The third-order valence-electron chi connectivity index (χ3n) is 4.37. The van der Waals surface area contributed by atoms with Crippen molar-refractivity contribution in [3.8, 4) is 17.8 Å². The number of ether oxygens (including phenoxy) is 2. The van der Waals surface area contributed by atoms with Gasteiger partial charge in [-0.15, -0.1) is 0 Å². The first-order chi connectivity index (χ1) is 12.7. The maximum absolute atomic E-state index is 12.4. The summed E-state index contributed by atoms with van der Waals surface area (Å²) in [5.74, 6) is 0.623. The molecule has 0 spiro atoms. The fourth-order valence-electron chi connectivity index (χ4n) is 3.01. The van der Waals surface area contributed by atoms with Crippen LogP contribution in [0.15, 0.2) is 36.7 Å². The monoisotopic (exact) mass is 352 g/mol. The van der Waals surface area contributed by atoms with Crippen LogP contribution >= 0.6 is 0 Å². The lowest BCUT2D eigenvalue weighted by molar-refractivity contribution is 0.0886. The van der Waals surface area contributed by atoms with Crippen LogP contribution in [0.3, 0.4) is 0 Å². The van der Waals surface area contributed by atoms with Crippen LogP contribution in [0.5, 0.6) is 11.8 Å². The van der Waals surface area contributed by atoms with E-state index in [1.165, 1.54) is 7.11 Å². The first-order valence-corrected chi connectivity index (χ1v) is 8.52. The fourth-order valence-corrected chi connectivity index (χ4v) is 3.01. The molecule has 2 aromatic rings. The molecule has 0 bridgehead atoms. The van der Waals surface area contributed by atoms with Gasteiger partial charge in [0, 0.05) is 24.0 Å². The van der Waals surface area contributed by atoms with Crippen LogP contribution < -0.4 is 14.8 Å². The molecule has 7 nitrogen and oxygen atoms in total. The number of carbonyl (C=O) groups is 1. The van der Waals surface area contributed by atoms with Gasteiger partial charge >= 0.3 is 0 Å². The molecule has 1 aromatic heterocycles. The highest BCUT2D eigenvalue weighted by Crippen LogP contribution is 2.27. The van der Waals surface area contributed by atoms with Crippen molar-refractivity contribution < 1.29 is 14.3 Å². The van der Waals surface area contributed by atoms with Crippen LogP contribution in [0.4, 0.5) is 0 Å². The Morgan fingerprint density at radius 1 is 1.19 bits per heavy atom. The Kier molecular flexibility index (Phi) is 5.64. The average Bonchev–Trinajstić information content (AvgIpc) is 2.70. The van der Waals surface area contributed by atoms with Gasteiger partial charge in [0.2, 0.25) is 0 Å². The summed E-state index contributed by atoms with van der Waals surface area (Å²) in [7, 11) is 1.53. The van der Waals surface area contributed by atoms with Gasteiger partial charge in [0.25, 0.3) is 17.7 Å². The summed E-state index contributed by atoms with van der Waals surface area (Å²) in [4.78, 5) is 20.6. The summed E-state index contributed by atoms with van der Waals surface area (Å²) in [6.07, 6.45) is 6.40. The lowest BCUT2D eigenvalue weighted by atomic mass is 9.92. The summed E-state index contributed by atoms with van der Waals surface area (Å²) >= 11 is 0. The summed E-state index contributed by atoms with van der Waals surface area (Å²) in [6.45, 7) is 0. The van der Waals surface area contributed by atoms with Crippen LogP contribution in [0, 0.1) is 11.3 Å². The molecule has 1 fully saturated rings. The molecular formula is C19H20N4O3. The van der Waals surface area contributed by atoms with Gasteiger partial charge in [-0.05, 0) is 43.9 Å². The number of nitriles is 1. The molecule has 7 heteroatoms. The Labute approximate surface area is 152 Å². The summed E-state index contributed by atoms with van der Waals surface area (Å²) in [6, 6.07) is 8.85. The number of hydrogen-bond donors (Lipinski definition) is 1. The highest BCUT2D eigenvalue weighted by molar-refractivity contribution is 5.94. The number of methoxy groups -OCH3 is 1. The number of amides is 1. The lowest BCUT2D eigenvalue weighted by Crippen LogP contribution is -2.39. The van der Waals surface area contributed by atoms with Gasteiger partial charge in [-0.2, -0.15) is 5.26 Å². The molecule has 1 heterocycles. The number of aromatic nitrogens is 2. The predicted octanol–water partition coefficient (Wildman–Crippen LogP) is 2.48. The lowest BCUT2D eigenvalue weighted by Gasteiger charge is -2.29. The highest BCUT2D eigenvalue weighted by atomic mass is 16.5. The SMILES string of the molecule is COc1nccnc1OC1CCC(NC(=O)c2cccc(C#N)c2)CC1. The van der Waals surface area contributed by atoms with Crippen molar-refractivity contribution in [2.75, 3.05) is 7.11 Å². The maximum atomic E-state index is 12.4. The van der Waals surface area contributed by atoms with Crippen molar-refractivity contribution in [3.63, 3.8) is 0 Å². The van der Waals surface area contributed by atoms with Crippen LogP contribution in [-0.2, 0) is 0 Å². The van der Waals surface area contributed by atoms with E-state index in [4.69, 9.17) is 14.7 Å². The van der Waals surface area contributed by atoms with E-state index in [1.54, 1.807) is 36.7 Å². The van der Waals surface area contributed by atoms with Crippen molar-refractivity contribution in [2.24, 2.45) is 0 Å². The Hall–Kier alpha value is -3.14. The van der Waals surface area contributed by atoms with Crippen molar-refractivity contribution in [1.82, 2.24) is 15.3 Å². The molecule has 1 aliphatic rings. The normalized spacial score (nSPS) is 19.2. The fraction of sp³-hybridized carbons (Fsp3) is 0.368. The van der Waals surface area contributed by atoms with Crippen LogP contribution in [-0.4, -0.2) is 35.1 Å². The molecular weight excluding hydrogens is 332 g/mol. The predicted molar refractivity (Wildman–Crippen MR) is 93.9 cm³/mol. The van der Waals surface area contributed by atoms with Crippen LogP contribution in [0.1, 0.15) is 41.6 Å². The molecule has 0 unspecified atom stereocenters. The molecule has 134 valence electrons. The van der Waals surface area contributed by atoms with E-state index in [1.807, 2.05) is 6.07 Å². The highest BCUT2D eigenvalue weighted by Gasteiger charge is 2.25. The van der Waals surface area contributed by atoms with Crippen molar-refractivity contribution in [2.45, 2.75) is 37.8 Å². The molecule has 0 saturated heterocycles. The van der Waals surface area contributed by atoms with Crippen LogP contribution in [0.2, 0.25) is 0 Å². The molecule has 0 atom stereocenters. The second-order valence-electron chi connectivity index (χ2n) is 6.13. The third-order valence-corrected chi connectivity index (χ3v) is 4.37. The summed E-state index contributed by atoms with van der Waals surface area (Å²) in [5.41, 5.74) is 0.986. The molecule has 26 heavy (non-hydrogen) atoms. The Bertz CT molecular complexity index is 810. The number of carbonyl (C=O) groups excluding carboxylic acids is 1. The van der Waals surface area contributed by atoms with Crippen molar-refractivity contribution in [1.29, 1.82) is 5.26 Å². The Morgan fingerprint density at radius 2 is 1.92 bits per heavy atom. The van der Waals surface area contributed by atoms with Gasteiger partial charge in [-0.25, -0.2) is 9.97 Å². The molecule has 1 saturated carbocycles. The van der Waals surface area contributed by atoms with E-state index in [0.29, 0.717) is 22.9 Å². The van der Waals surface area contributed by atoms with Gasteiger partial charge in [0.1, 0.15) is 6.10 Å². The van der Waals surface area contributed by atoms with E-state index < -0.39 is 0 Å². The van der Waals surface area contributed by atoms with Gasteiger partial charge < -0.3 is 14.8 Å². The van der Waals surface area contributed by atoms with E-state index in [-0.39, 0.29) is 18.1 Å². The largest absolute Gasteiger partial charge is 0.477 e. The quantitative estimate of drug-likeness (QED) is 0.888. The van der Waals surface area contributed by atoms with E-state index in [0.717, 1.165) is 25.7 Å². The summed E-state index contributed by atoms with van der Waals surface area (Å²) in [5, 5.41) is 12.0. The standard InChI is InChI=1S/C19H20N4O3/c1-25-18-19(22-10-9-21-18)26-16-7-5-15(6-8-16)23-17(24)14-4-2-3-13(11-14)12-20/h2-4,9-11,15-16H,5-8H2,1H3,(H,23,24). The molecule has 1 N–H and O–H groups in total. The molecule has 0 radical (unpaired) electrons. The zero-order valence-electron chi connectivity index (χ0n) is 14.5. The van der Waals surface area contributed by atoms with Crippen molar-refractivity contribution >= 4 is 5.91 Å². The maximum Gasteiger partial charge on any atom is 0.278 e. The molecule has 3 rings (SSSR count). The minimum Gasteiger partial charge on any atom is -0.477 e. The number of rotatable bonds is 5. The Morgan fingerprint density at radius 3 is 2.62 bits per heavy atom. The van der Waals surface area contributed by atoms with E-state index in [2.05, 4.69) is 15.3 Å². The average molecular weight is 352 g/mol. The third kappa shape index (κ3) is 4.28. The molecule has 0 aliphatic heterocycles. The second-order valence-corrected chi connectivity index (χ2v) is 6.13. The van der Waals surface area contributed by atoms with Gasteiger partial charge in [-0.3, -0.25) is 4.79 Å². The zero-order chi connectivity index (χ0) is 18.4. The number of nitrogens with one attached hydrogen (secondary N) is 1. The number of hydrogen-bond acceptors (Lipinski definition) is 6. The minimum atomic E-state index is -0.151.